The van der Waals surface area contributed by atoms with Gasteiger partial charge >= 0.3 is 17.9 Å². The summed E-state index contributed by atoms with van der Waals surface area (Å²) >= 11 is 0. The molecule has 0 spiro atoms. The molecule has 0 bridgehead atoms. The van der Waals surface area contributed by atoms with Gasteiger partial charge in [0.05, 0.1) is 0 Å². The predicted molar refractivity (Wildman–Crippen MR) is 325 cm³/mol. The van der Waals surface area contributed by atoms with Gasteiger partial charge in [0.25, 0.3) is 0 Å². The molecular formula is C69H116O6. The molecule has 0 aromatic rings. The highest BCUT2D eigenvalue weighted by Gasteiger charge is 2.19. The second kappa shape index (κ2) is 62.6. The van der Waals surface area contributed by atoms with Crippen LogP contribution in [0, 0.1) is 0 Å². The van der Waals surface area contributed by atoms with E-state index in [2.05, 4.69) is 130 Å². The molecule has 0 aliphatic rings. The quantitative estimate of drug-likeness (QED) is 0.0261. The molecule has 0 aliphatic carbocycles. The molecule has 0 aliphatic heterocycles. The molecule has 6 nitrogen and oxygen atoms in total. The van der Waals surface area contributed by atoms with Gasteiger partial charge in [0, 0.05) is 19.3 Å². The maximum atomic E-state index is 12.9. The number of hydrogen-bond donors (Lipinski definition) is 0. The van der Waals surface area contributed by atoms with Crippen LogP contribution in [0.15, 0.2) is 109 Å². The van der Waals surface area contributed by atoms with Crippen molar-refractivity contribution in [1.82, 2.24) is 0 Å². The first-order valence-corrected chi connectivity index (χ1v) is 31.4. The summed E-state index contributed by atoms with van der Waals surface area (Å²) in [6.07, 6.45) is 85.1. The molecule has 0 aromatic heterocycles. The number of allylic oxidation sites excluding steroid dienone is 18. The lowest BCUT2D eigenvalue weighted by Gasteiger charge is -2.18. The van der Waals surface area contributed by atoms with Gasteiger partial charge < -0.3 is 14.2 Å². The summed E-state index contributed by atoms with van der Waals surface area (Å²) < 4.78 is 16.9. The molecule has 0 saturated heterocycles. The fourth-order valence-corrected chi connectivity index (χ4v) is 8.53. The zero-order valence-electron chi connectivity index (χ0n) is 49.0. The van der Waals surface area contributed by atoms with E-state index in [1.165, 1.54) is 109 Å². The molecule has 428 valence electrons. The minimum Gasteiger partial charge on any atom is -0.462 e. The van der Waals surface area contributed by atoms with Gasteiger partial charge in [-0.2, -0.15) is 0 Å². The Balaban J connectivity index is 4.33. The zero-order valence-corrected chi connectivity index (χ0v) is 49.0. The summed E-state index contributed by atoms with van der Waals surface area (Å²) in [5.74, 6) is -0.916. The van der Waals surface area contributed by atoms with E-state index in [-0.39, 0.29) is 31.1 Å². The van der Waals surface area contributed by atoms with Gasteiger partial charge in [0.1, 0.15) is 13.2 Å². The van der Waals surface area contributed by atoms with Gasteiger partial charge in [-0.05, 0) is 128 Å². The Labute approximate surface area is 463 Å². The normalized spacial score (nSPS) is 12.8. The van der Waals surface area contributed by atoms with Gasteiger partial charge in [-0.15, -0.1) is 0 Å². The van der Waals surface area contributed by atoms with Crippen LogP contribution in [0.5, 0.6) is 0 Å². The van der Waals surface area contributed by atoms with Gasteiger partial charge in [-0.3, -0.25) is 14.4 Å². The van der Waals surface area contributed by atoms with E-state index < -0.39 is 6.10 Å². The topological polar surface area (TPSA) is 78.9 Å². The summed E-state index contributed by atoms with van der Waals surface area (Å²) in [6.45, 7) is 6.46. The molecule has 0 rings (SSSR count). The van der Waals surface area contributed by atoms with E-state index in [1.54, 1.807) is 0 Å². The lowest BCUT2D eigenvalue weighted by atomic mass is 10.0. The van der Waals surface area contributed by atoms with Gasteiger partial charge in [0.2, 0.25) is 0 Å². The van der Waals surface area contributed by atoms with Crippen LogP contribution in [0.25, 0.3) is 0 Å². The highest BCUT2D eigenvalue weighted by molar-refractivity contribution is 5.71. The molecule has 0 fully saturated rings. The van der Waals surface area contributed by atoms with Crippen LogP contribution in [0.2, 0.25) is 0 Å². The minimum atomic E-state index is -0.795. The van der Waals surface area contributed by atoms with E-state index in [9.17, 15) is 14.4 Å². The lowest BCUT2D eigenvalue weighted by Crippen LogP contribution is -2.30. The van der Waals surface area contributed by atoms with Crippen LogP contribution in [0.3, 0.4) is 0 Å². The third-order valence-corrected chi connectivity index (χ3v) is 13.2. The Morgan fingerprint density at radius 1 is 0.280 bits per heavy atom. The third kappa shape index (κ3) is 60.8. The fourth-order valence-electron chi connectivity index (χ4n) is 8.53. The predicted octanol–water partition coefficient (Wildman–Crippen LogP) is 21.4. The smallest absolute Gasteiger partial charge is 0.306 e. The molecule has 1 unspecified atom stereocenters. The molecule has 0 aromatic carbocycles. The number of unbranched alkanes of at least 4 members (excludes halogenated alkanes) is 27. The molecule has 0 heterocycles. The number of carbonyl (C=O) groups excluding carboxylic acids is 3. The van der Waals surface area contributed by atoms with Crippen molar-refractivity contribution in [2.75, 3.05) is 13.2 Å². The Morgan fingerprint density at radius 2 is 0.520 bits per heavy atom. The lowest BCUT2D eigenvalue weighted by molar-refractivity contribution is -0.167. The number of ether oxygens (including phenoxy) is 3. The Morgan fingerprint density at radius 3 is 0.813 bits per heavy atom. The van der Waals surface area contributed by atoms with E-state index in [1.807, 2.05) is 0 Å². The molecule has 0 N–H and O–H groups in total. The Hall–Kier alpha value is -3.93. The second-order valence-corrected chi connectivity index (χ2v) is 20.6. The maximum Gasteiger partial charge on any atom is 0.306 e. The highest BCUT2D eigenvalue weighted by atomic mass is 16.6. The first kappa shape index (κ1) is 71.1. The number of esters is 3. The summed E-state index contributed by atoms with van der Waals surface area (Å²) in [5.41, 5.74) is 0. The first-order valence-electron chi connectivity index (χ1n) is 31.4. The molecule has 75 heavy (non-hydrogen) atoms. The molecule has 0 amide bonds. The third-order valence-electron chi connectivity index (χ3n) is 13.2. The van der Waals surface area contributed by atoms with Gasteiger partial charge in [-0.1, -0.05) is 252 Å². The summed E-state index contributed by atoms with van der Waals surface area (Å²) in [5, 5.41) is 0. The van der Waals surface area contributed by atoms with Crippen LogP contribution >= 0.6 is 0 Å². The average molecular weight is 1040 g/mol. The van der Waals surface area contributed by atoms with E-state index in [0.717, 1.165) is 141 Å². The average Bonchev–Trinajstić information content (AvgIpc) is 3.41. The fraction of sp³-hybridized carbons (Fsp3) is 0.696. The van der Waals surface area contributed by atoms with Crippen LogP contribution in [-0.4, -0.2) is 37.2 Å². The summed E-state index contributed by atoms with van der Waals surface area (Å²) in [4.78, 5) is 38.3. The first-order chi connectivity index (χ1) is 37.0. The van der Waals surface area contributed by atoms with Crippen LogP contribution < -0.4 is 0 Å². The second-order valence-electron chi connectivity index (χ2n) is 20.6. The van der Waals surface area contributed by atoms with Crippen molar-refractivity contribution in [2.45, 2.75) is 297 Å². The Kier molecular flexibility index (Phi) is 59.3. The van der Waals surface area contributed by atoms with Crippen molar-refractivity contribution >= 4 is 17.9 Å². The number of hydrogen-bond acceptors (Lipinski definition) is 6. The summed E-state index contributed by atoms with van der Waals surface area (Å²) in [6, 6.07) is 0. The van der Waals surface area contributed by atoms with Crippen LogP contribution in [0.4, 0.5) is 0 Å². The monoisotopic (exact) mass is 1040 g/mol. The standard InChI is InChI=1S/C69H116O6/c1-4-7-10-13-16-19-22-25-28-29-30-31-32-33-34-35-36-37-38-39-42-44-47-50-53-56-59-62-68(71)74-65-66(75-69(72)63-60-57-54-51-48-45-41-27-24-21-18-15-12-9-6-3)64-73-67(70)61-58-55-52-49-46-43-40-26-23-20-17-14-11-8-5-2/h7,10,16-21,25-28,30-31,33-34,40-41,66H,4-6,8-9,11-15,22-24,29,32,35-39,42-65H2,1-3H3/b10-7-,19-16-,20-17-,21-18-,28-25-,31-30-,34-33-,40-26-,41-27-. The van der Waals surface area contributed by atoms with Gasteiger partial charge in [0.15, 0.2) is 6.10 Å². The Bertz CT molecular complexity index is 1520. The molecular weight excluding hydrogens is 925 g/mol. The SMILES string of the molecule is CC/C=C\C/C=C\C/C=C\C/C=C\C/C=C\CCCCCCCCCCCCCC(=O)OCC(COC(=O)CCCCCCC/C=C\C/C=C\CCCCC)OC(=O)CCCCCCC/C=C\C/C=C\CCCCC. The number of rotatable bonds is 56. The summed E-state index contributed by atoms with van der Waals surface area (Å²) in [7, 11) is 0. The minimum absolute atomic E-state index is 0.0902. The van der Waals surface area contributed by atoms with E-state index in [4.69, 9.17) is 14.2 Å². The highest BCUT2D eigenvalue weighted by Crippen LogP contribution is 2.15. The largest absolute Gasteiger partial charge is 0.462 e. The van der Waals surface area contributed by atoms with E-state index in [0.29, 0.717) is 19.3 Å². The number of carbonyl (C=O) groups is 3. The molecule has 0 saturated carbocycles. The van der Waals surface area contributed by atoms with Crippen molar-refractivity contribution in [3.63, 3.8) is 0 Å². The molecule has 0 radical (unpaired) electrons. The molecule has 1 atom stereocenters. The van der Waals surface area contributed by atoms with Crippen molar-refractivity contribution in [2.24, 2.45) is 0 Å². The van der Waals surface area contributed by atoms with Crippen molar-refractivity contribution < 1.29 is 28.6 Å². The van der Waals surface area contributed by atoms with E-state index >= 15 is 0 Å². The maximum absolute atomic E-state index is 12.9. The van der Waals surface area contributed by atoms with Crippen molar-refractivity contribution in [3.8, 4) is 0 Å². The van der Waals surface area contributed by atoms with Crippen LogP contribution in [-0.2, 0) is 28.6 Å². The molecule has 6 heteroatoms. The van der Waals surface area contributed by atoms with Crippen LogP contribution in [0.1, 0.15) is 290 Å². The van der Waals surface area contributed by atoms with Gasteiger partial charge in [-0.25, -0.2) is 0 Å². The van der Waals surface area contributed by atoms with Crippen molar-refractivity contribution in [3.05, 3.63) is 109 Å². The zero-order chi connectivity index (χ0) is 54.3. The van der Waals surface area contributed by atoms with Crippen molar-refractivity contribution in [1.29, 1.82) is 0 Å².